The van der Waals surface area contributed by atoms with Crippen LogP contribution in [0.4, 0.5) is 0 Å². The van der Waals surface area contributed by atoms with Gasteiger partial charge in [0.1, 0.15) is 5.75 Å². The monoisotopic (exact) mass is 309 g/mol. The van der Waals surface area contributed by atoms with E-state index < -0.39 is 10.8 Å². The van der Waals surface area contributed by atoms with Crippen molar-refractivity contribution in [3.05, 3.63) is 29.3 Å². The maximum absolute atomic E-state index is 12.7. The van der Waals surface area contributed by atoms with E-state index in [0.717, 1.165) is 30.9 Å². The minimum atomic E-state index is -0.776. The van der Waals surface area contributed by atoms with E-state index in [1.807, 2.05) is 6.07 Å². The standard InChI is InChI=1S/C17H27NO2S/c1-5-18-17-15-8-7-14(20-4)10-13(15)6-9-16(17)21(19)11-12(2)3/h7-8,10,12,16-18H,5-6,9,11H2,1-4H3. The van der Waals surface area contributed by atoms with Gasteiger partial charge in [0.15, 0.2) is 0 Å². The molecule has 3 nitrogen and oxygen atoms in total. The lowest BCUT2D eigenvalue weighted by molar-refractivity contribution is 0.411. The van der Waals surface area contributed by atoms with Crippen LogP contribution in [-0.4, -0.2) is 28.9 Å². The Labute approximate surface area is 130 Å². The molecule has 0 spiro atoms. The Bertz CT molecular complexity index is 502. The molecule has 0 saturated carbocycles. The number of nitrogens with one attached hydrogen (secondary N) is 1. The van der Waals surface area contributed by atoms with Gasteiger partial charge in [0.2, 0.25) is 0 Å². The zero-order chi connectivity index (χ0) is 15.4. The quantitative estimate of drug-likeness (QED) is 0.877. The minimum Gasteiger partial charge on any atom is -0.497 e. The summed E-state index contributed by atoms with van der Waals surface area (Å²) in [7, 11) is 0.925. The van der Waals surface area contributed by atoms with Gasteiger partial charge in [-0.2, -0.15) is 0 Å². The molecular weight excluding hydrogens is 282 g/mol. The Kier molecular flexibility index (Phi) is 5.82. The van der Waals surface area contributed by atoms with Crippen LogP contribution in [0.2, 0.25) is 0 Å². The lowest BCUT2D eigenvalue weighted by atomic mass is 9.87. The van der Waals surface area contributed by atoms with Gasteiger partial charge in [0.05, 0.1) is 12.4 Å². The average molecular weight is 309 g/mol. The summed E-state index contributed by atoms with van der Waals surface area (Å²) in [6.07, 6.45) is 1.97. The van der Waals surface area contributed by atoms with Crippen molar-refractivity contribution in [1.82, 2.24) is 5.32 Å². The van der Waals surface area contributed by atoms with Crippen LogP contribution in [-0.2, 0) is 17.2 Å². The average Bonchev–Trinajstić information content (AvgIpc) is 2.46. The second-order valence-corrected chi connectivity index (χ2v) is 7.82. The predicted molar refractivity (Wildman–Crippen MR) is 89.4 cm³/mol. The predicted octanol–water partition coefficient (Wildman–Crippen LogP) is 3.07. The Hall–Kier alpha value is -0.870. The molecule has 118 valence electrons. The molecule has 0 bridgehead atoms. The summed E-state index contributed by atoms with van der Waals surface area (Å²) in [5.74, 6) is 2.18. The van der Waals surface area contributed by atoms with Gasteiger partial charge >= 0.3 is 0 Å². The highest BCUT2D eigenvalue weighted by atomic mass is 32.2. The molecule has 0 heterocycles. The lowest BCUT2D eigenvalue weighted by Gasteiger charge is -2.34. The molecule has 1 aromatic rings. The summed E-state index contributed by atoms with van der Waals surface area (Å²) in [4.78, 5) is 0. The Morgan fingerprint density at radius 2 is 2.19 bits per heavy atom. The third-order valence-corrected chi connectivity index (χ3v) is 6.19. The number of methoxy groups -OCH3 is 1. The van der Waals surface area contributed by atoms with E-state index >= 15 is 0 Å². The third kappa shape index (κ3) is 3.86. The van der Waals surface area contributed by atoms with Gasteiger partial charge in [-0.05, 0) is 48.6 Å². The molecule has 1 aliphatic rings. The van der Waals surface area contributed by atoms with E-state index in [1.54, 1.807) is 7.11 Å². The van der Waals surface area contributed by atoms with Crippen LogP contribution in [0.15, 0.2) is 18.2 Å². The molecule has 0 aliphatic heterocycles. The van der Waals surface area contributed by atoms with E-state index in [0.29, 0.717) is 5.92 Å². The van der Waals surface area contributed by atoms with Gasteiger partial charge in [-0.15, -0.1) is 0 Å². The van der Waals surface area contributed by atoms with E-state index in [9.17, 15) is 4.21 Å². The first-order valence-corrected chi connectivity index (χ1v) is 9.22. The second-order valence-electron chi connectivity index (χ2n) is 6.12. The van der Waals surface area contributed by atoms with Crippen molar-refractivity contribution < 1.29 is 8.95 Å². The van der Waals surface area contributed by atoms with Crippen molar-refractivity contribution >= 4 is 10.8 Å². The molecule has 1 aromatic carbocycles. The summed E-state index contributed by atoms with van der Waals surface area (Å²) < 4.78 is 18.0. The maximum atomic E-state index is 12.7. The third-order valence-electron chi connectivity index (χ3n) is 4.01. The first-order chi connectivity index (χ1) is 10.1. The van der Waals surface area contributed by atoms with E-state index in [4.69, 9.17) is 4.74 Å². The highest BCUT2D eigenvalue weighted by Crippen LogP contribution is 2.35. The largest absolute Gasteiger partial charge is 0.497 e. The van der Waals surface area contributed by atoms with Crippen LogP contribution in [0.25, 0.3) is 0 Å². The smallest absolute Gasteiger partial charge is 0.119 e. The molecule has 3 unspecified atom stereocenters. The van der Waals surface area contributed by atoms with Crippen LogP contribution in [0.5, 0.6) is 5.75 Å². The molecule has 0 aromatic heterocycles. The number of hydrogen-bond donors (Lipinski definition) is 1. The molecule has 1 aliphatic carbocycles. The van der Waals surface area contributed by atoms with Crippen molar-refractivity contribution in [2.24, 2.45) is 5.92 Å². The molecule has 1 N–H and O–H groups in total. The first kappa shape index (κ1) is 16.5. The Morgan fingerprint density at radius 3 is 2.81 bits per heavy atom. The second kappa shape index (κ2) is 7.41. The summed E-state index contributed by atoms with van der Waals surface area (Å²) >= 11 is 0. The fourth-order valence-corrected chi connectivity index (χ4v) is 4.92. The first-order valence-electron chi connectivity index (χ1n) is 7.84. The lowest BCUT2D eigenvalue weighted by Crippen LogP contribution is -2.39. The van der Waals surface area contributed by atoms with Crippen molar-refractivity contribution in [2.75, 3.05) is 19.4 Å². The fraction of sp³-hybridized carbons (Fsp3) is 0.647. The molecule has 0 saturated heterocycles. The number of hydrogen-bond acceptors (Lipinski definition) is 3. The molecule has 0 fully saturated rings. The van der Waals surface area contributed by atoms with E-state index in [2.05, 4.69) is 38.2 Å². The van der Waals surface area contributed by atoms with Gasteiger partial charge in [-0.1, -0.05) is 26.8 Å². The van der Waals surface area contributed by atoms with E-state index in [-0.39, 0.29) is 11.3 Å². The minimum absolute atomic E-state index is 0.198. The van der Waals surface area contributed by atoms with Crippen molar-refractivity contribution in [3.8, 4) is 5.75 Å². The highest BCUT2D eigenvalue weighted by molar-refractivity contribution is 7.85. The van der Waals surface area contributed by atoms with Crippen molar-refractivity contribution in [2.45, 2.75) is 44.9 Å². The highest BCUT2D eigenvalue weighted by Gasteiger charge is 2.33. The molecule has 0 amide bonds. The molecule has 0 radical (unpaired) electrons. The van der Waals surface area contributed by atoms with Gasteiger partial charge < -0.3 is 10.1 Å². The van der Waals surface area contributed by atoms with Gasteiger partial charge in [-0.3, -0.25) is 4.21 Å². The number of fused-ring (bicyclic) bond motifs is 1. The molecular formula is C17H27NO2S. The Morgan fingerprint density at radius 1 is 1.43 bits per heavy atom. The SMILES string of the molecule is CCNC1c2ccc(OC)cc2CCC1S(=O)CC(C)C. The van der Waals surface area contributed by atoms with E-state index in [1.165, 1.54) is 11.1 Å². The van der Waals surface area contributed by atoms with Crippen LogP contribution < -0.4 is 10.1 Å². The number of rotatable bonds is 6. The summed E-state index contributed by atoms with van der Waals surface area (Å²) in [6, 6.07) is 6.47. The van der Waals surface area contributed by atoms with Crippen LogP contribution in [0.1, 0.15) is 44.4 Å². The summed E-state index contributed by atoms with van der Waals surface area (Å²) in [5.41, 5.74) is 2.63. The van der Waals surface area contributed by atoms with Crippen LogP contribution in [0, 0.1) is 5.92 Å². The van der Waals surface area contributed by atoms with Crippen molar-refractivity contribution in [1.29, 1.82) is 0 Å². The van der Waals surface area contributed by atoms with Crippen LogP contribution in [0.3, 0.4) is 0 Å². The zero-order valence-corrected chi connectivity index (χ0v) is 14.3. The normalized spacial score (nSPS) is 22.9. The number of aryl methyl sites for hydroxylation is 1. The Balaban J connectivity index is 2.28. The number of ether oxygens (including phenoxy) is 1. The molecule has 3 atom stereocenters. The van der Waals surface area contributed by atoms with Crippen LogP contribution >= 0.6 is 0 Å². The molecule has 21 heavy (non-hydrogen) atoms. The summed E-state index contributed by atoms with van der Waals surface area (Å²) in [6.45, 7) is 7.29. The molecule has 4 heteroatoms. The molecule has 2 rings (SSSR count). The van der Waals surface area contributed by atoms with Gasteiger partial charge in [0.25, 0.3) is 0 Å². The topological polar surface area (TPSA) is 38.3 Å². The van der Waals surface area contributed by atoms with Crippen molar-refractivity contribution in [3.63, 3.8) is 0 Å². The number of benzene rings is 1. The van der Waals surface area contributed by atoms with Gasteiger partial charge in [-0.25, -0.2) is 0 Å². The maximum Gasteiger partial charge on any atom is 0.119 e. The zero-order valence-electron chi connectivity index (χ0n) is 13.5. The van der Waals surface area contributed by atoms with Gasteiger partial charge in [0, 0.05) is 22.6 Å². The summed E-state index contributed by atoms with van der Waals surface area (Å²) in [5, 5.41) is 3.76. The fourth-order valence-electron chi connectivity index (χ4n) is 3.09.